The number of aromatic nitrogens is 2. The summed E-state index contributed by atoms with van der Waals surface area (Å²) in [6, 6.07) is 7.07. The number of carbonyl (C=O) groups is 2. The van der Waals surface area contributed by atoms with Crippen LogP contribution in [0.4, 0.5) is 11.5 Å². The Bertz CT molecular complexity index is 883. The lowest BCUT2D eigenvalue weighted by Gasteiger charge is -2.23. The molecule has 1 aliphatic rings. The molecule has 124 valence electrons. The van der Waals surface area contributed by atoms with Crippen LogP contribution in [0.1, 0.15) is 17.9 Å². The highest BCUT2D eigenvalue weighted by molar-refractivity contribution is 9.10. The molecule has 0 spiro atoms. The maximum Gasteiger partial charge on any atom is 0.257 e. The van der Waals surface area contributed by atoms with Crippen molar-refractivity contribution in [1.82, 2.24) is 9.97 Å². The number of thioether (sulfide) groups is 1. The van der Waals surface area contributed by atoms with Gasteiger partial charge in [-0.2, -0.15) is 0 Å². The van der Waals surface area contributed by atoms with E-state index in [1.165, 1.54) is 11.8 Å². The third kappa shape index (κ3) is 3.36. The molecule has 3 N–H and O–H groups in total. The molecule has 1 atom stereocenters. The predicted octanol–water partition coefficient (Wildman–Crippen LogP) is 2.32. The van der Waals surface area contributed by atoms with Gasteiger partial charge in [0.1, 0.15) is 5.82 Å². The molecule has 1 aromatic carbocycles. The smallest absolute Gasteiger partial charge is 0.257 e. The molecule has 0 radical (unpaired) electrons. The van der Waals surface area contributed by atoms with Crippen LogP contribution >= 0.6 is 27.7 Å². The fourth-order valence-electron chi connectivity index (χ4n) is 2.47. The number of aromatic amines is 1. The van der Waals surface area contributed by atoms with Gasteiger partial charge in [0.2, 0.25) is 11.8 Å². The number of hydrogen-bond acceptors (Lipinski definition) is 5. The van der Waals surface area contributed by atoms with Crippen LogP contribution in [-0.4, -0.2) is 28.0 Å². The Morgan fingerprint density at radius 3 is 2.92 bits per heavy atom. The molecule has 0 bridgehead atoms. The monoisotopic (exact) mass is 408 g/mol. The van der Waals surface area contributed by atoms with Gasteiger partial charge in [0.05, 0.1) is 11.5 Å². The Morgan fingerprint density at radius 2 is 2.21 bits per heavy atom. The number of amides is 2. The lowest BCUT2D eigenvalue weighted by Crippen LogP contribution is -2.36. The van der Waals surface area contributed by atoms with E-state index in [-0.39, 0.29) is 23.7 Å². The van der Waals surface area contributed by atoms with E-state index in [9.17, 15) is 14.4 Å². The van der Waals surface area contributed by atoms with Gasteiger partial charge in [-0.1, -0.05) is 33.8 Å². The van der Waals surface area contributed by atoms with Crippen molar-refractivity contribution in [2.45, 2.75) is 17.5 Å². The number of nitrogens with one attached hydrogen (secondary N) is 3. The highest BCUT2D eigenvalue weighted by Crippen LogP contribution is 2.30. The number of anilines is 2. The van der Waals surface area contributed by atoms with Gasteiger partial charge in [-0.25, -0.2) is 4.98 Å². The van der Waals surface area contributed by atoms with Gasteiger partial charge in [0.25, 0.3) is 5.56 Å². The van der Waals surface area contributed by atoms with Gasteiger partial charge in [-0.3, -0.25) is 14.4 Å². The Kier molecular flexibility index (Phi) is 4.72. The molecular weight excluding hydrogens is 396 g/mol. The maximum absolute atomic E-state index is 12.6. The molecule has 1 aliphatic heterocycles. The average Bonchev–Trinajstić information content (AvgIpc) is 2.53. The van der Waals surface area contributed by atoms with Crippen LogP contribution in [0.25, 0.3) is 0 Å². The zero-order valence-corrected chi connectivity index (χ0v) is 15.0. The van der Waals surface area contributed by atoms with Gasteiger partial charge >= 0.3 is 0 Å². The molecule has 1 aromatic heterocycles. The van der Waals surface area contributed by atoms with Crippen molar-refractivity contribution in [3.05, 3.63) is 44.7 Å². The third-order valence-electron chi connectivity index (χ3n) is 3.53. The summed E-state index contributed by atoms with van der Waals surface area (Å²) in [7, 11) is 0. The second-order valence-corrected chi connectivity index (χ2v) is 6.85. The molecular formula is C15H13BrN4O3S. The molecule has 0 saturated heterocycles. The summed E-state index contributed by atoms with van der Waals surface area (Å²) in [6.45, 7) is 0. The van der Waals surface area contributed by atoms with Crippen LogP contribution in [0.15, 0.2) is 38.7 Å². The van der Waals surface area contributed by atoms with E-state index in [0.717, 1.165) is 4.47 Å². The van der Waals surface area contributed by atoms with Crippen LogP contribution in [0.2, 0.25) is 0 Å². The number of hydrogen-bond donors (Lipinski definition) is 3. The summed E-state index contributed by atoms with van der Waals surface area (Å²) in [5.41, 5.74) is 0.339. The molecule has 0 aliphatic carbocycles. The van der Waals surface area contributed by atoms with E-state index in [1.807, 2.05) is 6.07 Å². The number of fused-ring (bicyclic) bond motifs is 1. The van der Waals surface area contributed by atoms with E-state index < -0.39 is 17.4 Å². The SMILES string of the molecule is CSc1nc2c(c(=O)[nH]1)C(C(=O)Nc1cccc(Br)c1)CC(=O)N2. The molecule has 0 saturated carbocycles. The van der Waals surface area contributed by atoms with Gasteiger partial charge < -0.3 is 15.6 Å². The molecule has 2 amide bonds. The summed E-state index contributed by atoms with van der Waals surface area (Å²) < 4.78 is 0.811. The molecule has 9 heteroatoms. The minimum atomic E-state index is -0.889. The number of benzene rings is 1. The van der Waals surface area contributed by atoms with Gasteiger partial charge in [0.15, 0.2) is 5.16 Å². The molecule has 24 heavy (non-hydrogen) atoms. The first-order chi connectivity index (χ1) is 11.5. The van der Waals surface area contributed by atoms with Gasteiger partial charge in [0, 0.05) is 16.6 Å². The van der Waals surface area contributed by atoms with Gasteiger partial charge in [-0.05, 0) is 24.5 Å². The number of halogens is 1. The Hall–Kier alpha value is -2.13. The molecule has 2 aromatic rings. The second kappa shape index (κ2) is 6.78. The van der Waals surface area contributed by atoms with E-state index in [2.05, 4.69) is 36.5 Å². The number of nitrogens with zero attached hydrogens (tertiary/aromatic N) is 1. The predicted molar refractivity (Wildman–Crippen MR) is 95.4 cm³/mol. The zero-order chi connectivity index (χ0) is 17.3. The van der Waals surface area contributed by atoms with E-state index in [0.29, 0.717) is 10.8 Å². The summed E-state index contributed by atoms with van der Waals surface area (Å²) in [5, 5.41) is 5.68. The molecule has 3 rings (SSSR count). The molecule has 7 nitrogen and oxygen atoms in total. The van der Waals surface area contributed by atoms with Crippen LogP contribution in [0.5, 0.6) is 0 Å². The van der Waals surface area contributed by atoms with E-state index in [4.69, 9.17) is 0 Å². The Balaban J connectivity index is 1.96. The van der Waals surface area contributed by atoms with Gasteiger partial charge in [-0.15, -0.1) is 0 Å². The van der Waals surface area contributed by atoms with Crippen LogP contribution in [0, 0.1) is 0 Å². The number of H-pyrrole nitrogens is 1. The zero-order valence-electron chi connectivity index (χ0n) is 12.6. The first-order valence-electron chi connectivity index (χ1n) is 7.02. The van der Waals surface area contributed by atoms with E-state index >= 15 is 0 Å². The molecule has 1 unspecified atom stereocenters. The summed E-state index contributed by atoms with van der Waals surface area (Å²) in [5.74, 6) is -1.51. The molecule has 0 fully saturated rings. The first-order valence-corrected chi connectivity index (χ1v) is 9.04. The lowest BCUT2D eigenvalue weighted by atomic mass is 9.92. The van der Waals surface area contributed by atoms with Crippen molar-refractivity contribution in [3.63, 3.8) is 0 Å². The van der Waals surface area contributed by atoms with Crippen molar-refractivity contribution in [1.29, 1.82) is 0 Å². The highest BCUT2D eigenvalue weighted by atomic mass is 79.9. The summed E-state index contributed by atoms with van der Waals surface area (Å²) in [6.07, 6.45) is 1.66. The van der Waals surface area contributed by atoms with Crippen molar-refractivity contribution in [2.24, 2.45) is 0 Å². The molecule has 2 heterocycles. The summed E-state index contributed by atoms with van der Waals surface area (Å²) in [4.78, 5) is 43.6. The minimum absolute atomic E-state index is 0.101. The normalized spacial score (nSPS) is 16.2. The van der Waals surface area contributed by atoms with Crippen molar-refractivity contribution >= 4 is 51.0 Å². The highest BCUT2D eigenvalue weighted by Gasteiger charge is 2.34. The average molecular weight is 409 g/mol. The third-order valence-corrected chi connectivity index (χ3v) is 4.60. The van der Waals surface area contributed by atoms with Crippen molar-refractivity contribution in [2.75, 3.05) is 16.9 Å². The van der Waals surface area contributed by atoms with Crippen LogP contribution < -0.4 is 16.2 Å². The van der Waals surface area contributed by atoms with Crippen molar-refractivity contribution in [3.8, 4) is 0 Å². The lowest BCUT2D eigenvalue weighted by molar-refractivity contribution is -0.123. The first kappa shape index (κ1) is 16.7. The summed E-state index contributed by atoms with van der Waals surface area (Å²) >= 11 is 4.58. The fraction of sp³-hybridized carbons (Fsp3) is 0.200. The Morgan fingerprint density at radius 1 is 1.42 bits per heavy atom. The number of carbonyl (C=O) groups excluding carboxylic acids is 2. The van der Waals surface area contributed by atoms with Crippen LogP contribution in [0.3, 0.4) is 0 Å². The maximum atomic E-state index is 12.6. The van der Waals surface area contributed by atoms with Crippen molar-refractivity contribution < 1.29 is 9.59 Å². The largest absolute Gasteiger partial charge is 0.326 e. The Labute approximate surface area is 149 Å². The number of rotatable bonds is 3. The van der Waals surface area contributed by atoms with E-state index in [1.54, 1.807) is 24.5 Å². The second-order valence-electron chi connectivity index (χ2n) is 5.14. The standard InChI is InChI=1S/C15H13BrN4O3S/c1-24-15-19-12-11(14(23)20-15)9(6-10(21)18-12)13(22)17-8-4-2-3-7(16)5-8/h2-5,9H,6H2,1H3,(H,17,22)(H2,18,19,20,21,23). The van der Waals surface area contributed by atoms with Crippen LogP contribution in [-0.2, 0) is 9.59 Å². The fourth-order valence-corrected chi connectivity index (χ4v) is 3.24. The topological polar surface area (TPSA) is 104 Å². The quantitative estimate of drug-likeness (QED) is 0.533. The minimum Gasteiger partial charge on any atom is -0.326 e.